The Morgan fingerprint density at radius 1 is 0.815 bits per heavy atom. The Balaban J connectivity index is 1.65. The molecule has 0 aromatic carbocycles. The van der Waals surface area contributed by atoms with Crippen LogP contribution in [0.25, 0.3) is 9.69 Å². The molecule has 0 aromatic rings. The van der Waals surface area contributed by atoms with E-state index in [1.807, 2.05) is 6.92 Å². The van der Waals surface area contributed by atoms with Crippen LogP contribution in [0.5, 0.6) is 0 Å². The molecule has 81 heavy (non-hydrogen) atoms. The first kappa shape index (κ1) is 66.6. The first-order valence-electron chi connectivity index (χ1n) is 29.0. The Hall–Kier alpha value is -5.19. The average Bonchev–Trinajstić information content (AvgIpc) is 3.34. The molecule has 0 spiro atoms. The maximum absolute atomic E-state index is 14.7. The maximum Gasteiger partial charge on any atom is 0.422 e. The van der Waals surface area contributed by atoms with Gasteiger partial charge in [0.1, 0.15) is 30.1 Å². The van der Waals surface area contributed by atoms with Crippen molar-refractivity contribution < 1.29 is 82.0 Å². The third-order valence-electron chi connectivity index (χ3n) is 18.1. The van der Waals surface area contributed by atoms with Crippen LogP contribution < -0.4 is 0 Å². The maximum atomic E-state index is 14.7. The number of hydrogen-bond acceptors (Lipinski definition) is 17. The standard InChI is InChI=1S/C61H89N3O17/c1-15-78-57(72)59(62-10)42-22-24-44(60(59,63-11)58(73)79-16-2)34(3)27-38(7)51(67)53(77-14)52(68)39(8)28-35(4)47(66)33-49(36(5)29-41-21-25-46(65)50(31-41)76-13)80-56(71)45-19-17-18-26-64(45)55(70)54(69)61(74)40(9)20-23-43(81-61)32-48(75-12)37(6)30-42/h22,24,28,30,34-36,38,40-46,48-50,52-53,65,68,74H,15-21,23,25-27,29,31-33H2,1-9,12-14H3. The number of esters is 3. The molecule has 4 bridgehead atoms. The molecule has 20 heteroatoms. The fourth-order valence-corrected chi connectivity index (χ4v) is 13.2. The van der Waals surface area contributed by atoms with Gasteiger partial charge in [-0.25, -0.2) is 27.5 Å². The molecule has 19 atom stereocenters. The van der Waals surface area contributed by atoms with Gasteiger partial charge in [0.2, 0.25) is 5.79 Å². The van der Waals surface area contributed by atoms with Crippen molar-refractivity contribution in [2.45, 2.75) is 205 Å². The smallest absolute Gasteiger partial charge is 0.422 e. The lowest BCUT2D eigenvalue weighted by Crippen LogP contribution is -2.69. The zero-order valence-electron chi connectivity index (χ0n) is 49.6. The number of ether oxygens (including phenoxy) is 7. The molecule has 0 aromatic heterocycles. The predicted molar refractivity (Wildman–Crippen MR) is 295 cm³/mol. The minimum atomic E-state index is -2.64. The minimum Gasteiger partial charge on any atom is -0.460 e. The number of Topliss-reactive ketones (excluding diaryl/α,β-unsaturated/α-hetero) is 3. The van der Waals surface area contributed by atoms with Gasteiger partial charge in [0, 0.05) is 58.5 Å². The topological polar surface area (TPSA) is 257 Å². The number of fused-ring (bicyclic) bond motifs is 16. The summed E-state index contributed by atoms with van der Waals surface area (Å²) in [7, 11) is 4.21. The molecular weight excluding hydrogens is 1050 g/mol. The van der Waals surface area contributed by atoms with Crippen molar-refractivity contribution in [3.05, 3.63) is 58.3 Å². The van der Waals surface area contributed by atoms with Crippen LogP contribution in [-0.2, 0) is 66.7 Å². The number of ketones is 3. The van der Waals surface area contributed by atoms with Crippen molar-refractivity contribution in [1.82, 2.24) is 4.90 Å². The minimum absolute atomic E-state index is 0.0110. The summed E-state index contributed by atoms with van der Waals surface area (Å²) < 4.78 is 41.0. The summed E-state index contributed by atoms with van der Waals surface area (Å²) in [5.74, 6) is -15.5. The summed E-state index contributed by atoms with van der Waals surface area (Å²) in [6, 6.07) is -1.25. The highest BCUT2D eigenvalue weighted by Crippen LogP contribution is 2.53. The van der Waals surface area contributed by atoms with Gasteiger partial charge in [0.15, 0.2) is 5.78 Å². The van der Waals surface area contributed by atoms with E-state index in [1.54, 1.807) is 59.8 Å². The summed E-state index contributed by atoms with van der Waals surface area (Å²) in [6.07, 6.45) is 2.84. The van der Waals surface area contributed by atoms with Gasteiger partial charge in [0.25, 0.3) is 11.7 Å². The first-order valence-corrected chi connectivity index (χ1v) is 29.0. The Morgan fingerprint density at radius 3 is 2.07 bits per heavy atom. The molecule has 19 unspecified atom stereocenters. The second-order valence-electron chi connectivity index (χ2n) is 23.5. The van der Waals surface area contributed by atoms with Gasteiger partial charge in [-0.15, -0.1) is 0 Å². The average molecular weight is 1140 g/mol. The third kappa shape index (κ3) is 13.9. The van der Waals surface area contributed by atoms with Crippen LogP contribution in [0.3, 0.4) is 0 Å². The zero-order valence-corrected chi connectivity index (χ0v) is 49.6. The SMILES string of the molecule is [C-]#[N+]C1(C(=O)OCC)C2C=CC(C(C)CC(C)C(=O)C(OC)C(O)C(C)=CC(C)C(=O)CC(C(C)CC3CCC(O)C(OC)C3)OC(=O)C3CCCCN3C(=O)C(=O)C3(O)OC(CCC3C)CC(OC)C(C)=C2)C1([N+]#[C-])C(=O)OCC. The summed E-state index contributed by atoms with van der Waals surface area (Å²) in [5.41, 5.74) is -4.54. The fraction of sp³-hybridized carbons (Fsp3) is 0.754. The number of methoxy groups -OCH3 is 3. The van der Waals surface area contributed by atoms with Crippen molar-refractivity contribution in [1.29, 1.82) is 0 Å². The molecule has 4 aliphatic heterocycles. The van der Waals surface area contributed by atoms with Crippen molar-refractivity contribution in [2.24, 2.45) is 47.3 Å². The number of carbonyl (C=O) groups is 7. The molecule has 450 valence electrons. The highest BCUT2D eigenvalue weighted by molar-refractivity contribution is 6.39. The summed E-state index contributed by atoms with van der Waals surface area (Å²) in [6.45, 7) is 31.8. The monoisotopic (exact) mass is 1140 g/mol. The van der Waals surface area contributed by atoms with Gasteiger partial charge < -0.3 is 53.4 Å². The van der Waals surface area contributed by atoms with Crippen LogP contribution in [0.4, 0.5) is 0 Å². The molecule has 6 aliphatic rings. The van der Waals surface area contributed by atoms with Crippen molar-refractivity contribution in [3.63, 3.8) is 0 Å². The van der Waals surface area contributed by atoms with E-state index in [2.05, 4.69) is 9.69 Å². The molecule has 2 aliphatic carbocycles. The van der Waals surface area contributed by atoms with E-state index in [0.717, 1.165) is 4.90 Å². The molecule has 6 rings (SSSR count). The molecule has 3 fully saturated rings. The predicted octanol–water partition coefficient (Wildman–Crippen LogP) is 6.31. The first-order chi connectivity index (χ1) is 38.3. The number of amides is 1. The number of nitrogens with zero attached hydrogens (tertiary/aromatic N) is 3. The highest BCUT2D eigenvalue weighted by atomic mass is 16.6. The van der Waals surface area contributed by atoms with E-state index in [4.69, 9.17) is 46.3 Å². The van der Waals surface area contributed by atoms with E-state index >= 15 is 0 Å². The van der Waals surface area contributed by atoms with E-state index in [0.29, 0.717) is 50.5 Å². The van der Waals surface area contributed by atoms with Crippen LogP contribution in [0.1, 0.15) is 139 Å². The van der Waals surface area contributed by atoms with Crippen LogP contribution >= 0.6 is 0 Å². The van der Waals surface area contributed by atoms with Crippen LogP contribution in [0.2, 0.25) is 0 Å². The summed E-state index contributed by atoms with van der Waals surface area (Å²) in [4.78, 5) is 111. The molecule has 20 nitrogen and oxygen atoms in total. The van der Waals surface area contributed by atoms with E-state index in [1.165, 1.54) is 41.3 Å². The summed E-state index contributed by atoms with van der Waals surface area (Å²) in [5, 5.41) is 34.7. The van der Waals surface area contributed by atoms with Gasteiger partial charge in [0.05, 0.1) is 49.5 Å². The van der Waals surface area contributed by atoms with Gasteiger partial charge >= 0.3 is 29.0 Å². The largest absolute Gasteiger partial charge is 0.460 e. The third-order valence-corrected chi connectivity index (χ3v) is 18.1. The lowest BCUT2D eigenvalue weighted by molar-refractivity contribution is -0.265. The molecular formula is C61H89N3O17. The number of rotatable bonds is 10. The van der Waals surface area contributed by atoms with Crippen LogP contribution in [0.15, 0.2) is 35.5 Å². The molecule has 0 radical (unpaired) electrons. The lowest BCUT2D eigenvalue weighted by atomic mass is 9.56. The highest BCUT2D eigenvalue weighted by Gasteiger charge is 2.83. The molecule has 3 N–H and O–H groups in total. The Labute approximate surface area is 478 Å². The fourth-order valence-electron chi connectivity index (χ4n) is 13.2. The van der Waals surface area contributed by atoms with Gasteiger partial charge in [-0.05, 0) is 121 Å². The molecule has 2 saturated heterocycles. The van der Waals surface area contributed by atoms with Crippen molar-refractivity contribution in [2.75, 3.05) is 41.1 Å². The number of piperidine rings is 1. The number of aliphatic hydroxyl groups excluding tert-OH is 2. The zero-order chi connectivity index (χ0) is 60.3. The van der Waals surface area contributed by atoms with E-state index in [-0.39, 0.29) is 69.1 Å². The van der Waals surface area contributed by atoms with Crippen LogP contribution in [-0.4, -0.2) is 168 Å². The number of aliphatic hydroxyl groups is 3. The Kier molecular flexibility index (Phi) is 23.7. The summed E-state index contributed by atoms with van der Waals surface area (Å²) >= 11 is 0. The van der Waals surface area contributed by atoms with E-state index < -0.39 is 142 Å². The van der Waals surface area contributed by atoms with Gasteiger partial charge in [-0.1, -0.05) is 58.9 Å². The van der Waals surface area contributed by atoms with E-state index in [9.17, 15) is 48.9 Å². The second-order valence-corrected chi connectivity index (χ2v) is 23.5. The molecule has 1 saturated carbocycles. The normalized spacial score (nSPS) is 38.6. The van der Waals surface area contributed by atoms with Crippen molar-refractivity contribution >= 4 is 41.2 Å². The van der Waals surface area contributed by atoms with Crippen molar-refractivity contribution in [3.8, 4) is 0 Å². The second kappa shape index (κ2) is 28.9. The van der Waals surface area contributed by atoms with Gasteiger partial charge in [-0.3, -0.25) is 28.9 Å². The number of allylic oxidation sites excluding steroid dienone is 1. The Morgan fingerprint density at radius 2 is 1.47 bits per heavy atom. The van der Waals surface area contributed by atoms with Crippen LogP contribution in [0, 0.1) is 60.5 Å². The quantitative estimate of drug-likeness (QED) is 0.0712. The molecule has 1 amide bonds. The Bertz CT molecular complexity index is 2460. The lowest BCUT2D eigenvalue weighted by Gasteiger charge is -2.43. The number of hydrogen-bond donors (Lipinski definition) is 3. The van der Waals surface area contributed by atoms with Gasteiger partial charge in [-0.2, -0.15) is 0 Å². The molecule has 4 heterocycles. The number of carbonyl (C=O) groups excluding carboxylic acids is 7.